The molecule has 284 valence electrons. The van der Waals surface area contributed by atoms with Crippen LogP contribution in [0.4, 0.5) is 0 Å². The van der Waals surface area contributed by atoms with Crippen LogP contribution in [-0.2, 0) is 32.9 Å². The number of carbonyl (C=O) groups excluding carboxylic acids is 3. The van der Waals surface area contributed by atoms with Gasteiger partial charge >= 0.3 is 19.8 Å². The summed E-state index contributed by atoms with van der Waals surface area (Å²) in [6, 6.07) is 0. The summed E-state index contributed by atoms with van der Waals surface area (Å²) in [7, 11) is -4.81. The Kier molecular flexibility index (Phi) is 25.6. The van der Waals surface area contributed by atoms with E-state index in [9.17, 15) is 29.2 Å². The van der Waals surface area contributed by atoms with Crippen LogP contribution in [-0.4, -0.2) is 69.2 Å². The quantitative estimate of drug-likeness (QED) is 0.0252. The molecule has 49 heavy (non-hydrogen) atoms. The van der Waals surface area contributed by atoms with Crippen molar-refractivity contribution in [3.05, 3.63) is 24.3 Å². The summed E-state index contributed by atoms with van der Waals surface area (Å²) in [5.41, 5.74) is 0. The molecule has 0 aromatic rings. The number of unbranched alkanes of at least 4 members (excludes halogenated alkanes) is 12. The first-order chi connectivity index (χ1) is 23.5. The predicted molar refractivity (Wildman–Crippen MR) is 189 cm³/mol. The minimum atomic E-state index is -4.81. The van der Waals surface area contributed by atoms with Crippen molar-refractivity contribution in [2.45, 2.75) is 167 Å². The molecule has 12 heteroatoms. The fourth-order valence-corrected chi connectivity index (χ4v) is 6.32. The highest BCUT2D eigenvalue weighted by Gasteiger charge is 2.39. The number of hydrogen-bond donors (Lipinski definition) is 4. The Morgan fingerprint density at radius 3 is 2.12 bits per heavy atom. The Hall–Kier alpha value is -1.88. The second-order valence-corrected chi connectivity index (χ2v) is 14.6. The molecule has 0 unspecified atom stereocenters. The van der Waals surface area contributed by atoms with E-state index in [0.29, 0.717) is 32.1 Å². The molecule has 0 spiro atoms. The Bertz CT molecular complexity index is 1010. The molecule has 1 aliphatic carbocycles. The average molecular weight is 717 g/mol. The molecule has 0 radical (unpaired) electrons. The summed E-state index contributed by atoms with van der Waals surface area (Å²) in [6.07, 6.45) is 22.4. The molecule has 0 aromatic heterocycles. The van der Waals surface area contributed by atoms with Crippen molar-refractivity contribution in [3.63, 3.8) is 0 Å². The van der Waals surface area contributed by atoms with Crippen molar-refractivity contribution >= 4 is 25.5 Å². The van der Waals surface area contributed by atoms with Crippen LogP contribution in [0.5, 0.6) is 0 Å². The third-order valence-corrected chi connectivity index (χ3v) is 9.34. The number of rotatable bonds is 30. The number of ether oxygens (including phenoxy) is 2. The number of aliphatic hydroxyl groups is 2. The van der Waals surface area contributed by atoms with E-state index in [1.807, 2.05) is 0 Å². The molecular weight excluding hydrogens is 651 g/mol. The molecular formula is C37H65O11P. The van der Waals surface area contributed by atoms with E-state index in [4.69, 9.17) is 19.3 Å². The summed E-state index contributed by atoms with van der Waals surface area (Å²) in [6.45, 7) is 3.31. The smallest absolute Gasteiger partial charge is 0.462 e. The average Bonchev–Trinajstić information content (AvgIpc) is 3.32. The molecule has 11 nitrogen and oxygen atoms in total. The summed E-state index contributed by atoms with van der Waals surface area (Å²) in [5, 5.41) is 20.6. The van der Waals surface area contributed by atoms with Crippen molar-refractivity contribution in [2.75, 3.05) is 13.2 Å². The molecule has 1 aliphatic rings. The lowest BCUT2D eigenvalue weighted by Crippen LogP contribution is -2.29. The van der Waals surface area contributed by atoms with Crippen LogP contribution < -0.4 is 0 Å². The van der Waals surface area contributed by atoms with E-state index in [2.05, 4.69) is 30.5 Å². The standard InChI is InChI=1S/C37H65O11P/c1-3-5-7-8-9-10-11-12-13-14-19-23-36(41)46-28-31(29-47-49(43,44)45)48-37(42)24-20-16-15-18-22-32-33(35(40)27-34(32)39)26-25-30(38)21-17-6-4-2/h8-9,25-26,30-34,38-39H,3-7,10-24,27-29H2,1-2H3,(H2,43,44,45)/b9-8-,26-25+/t30-,31+,32+,33+,34-/m0/s1. The number of phosphoric ester groups is 1. The van der Waals surface area contributed by atoms with E-state index in [1.54, 1.807) is 12.2 Å². The van der Waals surface area contributed by atoms with Gasteiger partial charge in [-0.05, 0) is 50.9 Å². The van der Waals surface area contributed by atoms with Crippen LogP contribution in [0.2, 0.25) is 0 Å². The van der Waals surface area contributed by atoms with Crippen molar-refractivity contribution in [1.82, 2.24) is 0 Å². The van der Waals surface area contributed by atoms with Crippen LogP contribution in [0, 0.1) is 11.8 Å². The first-order valence-corrected chi connectivity index (χ1v) is 20.3. The largest absolute Gasteiger partial charge is 0.469 e. The molecule has 0 bridgehead atoms. The second kappa shape index (κ2) is 27.8. The van der Waals surface area contributed by atoms with Gasteiger partial charge in [0.15, 0.2) is 6.10 Å². The summed E-state index contributed by atoms with van der Waals surface area (Å²) in [5.74, 6) is -1.65. The molecule has 0 amide bonds. The first kappa shape index (κ1) is 45.1. The topological polar surface area (TPSA) is 177 Å². The second-order valence-electron chi connectivity index (χ2n) is 13.3. The van der Waals surface area contributed by atoms with E-state index in [-0.39, 0.29) is 37.6 Å². The Morgan fingerprint density at radius 2 is 1.45 bits per heavy atom. The lowest BCUT2D eigenvalue weighted by molar-refractivity contribution is -0.161. The molecule has 0 saturated heterocycles. The van der Waals surface area contributed by atoms with Gasteiger partial charge in [0.1, 0.15) is 12.4 Å². The van der Waals surface area contributed by atoms with Gasteiger partial charge in [-0.3, -0.25) is 18.9 Å². The fraction of sp³-hybridized carbons (Fsp3) is 0.811. The number of phosphoric acid groups is 1. The number of Topliss-reactive ketones (excluding diaryl/α,β-unsaturated/α-hetero) is 1. The Balaban J connectivity index is 2.34. The number of esters is 2. The highest BCUT2D eigenvalue weighted by atomic mass is 31.2. The predicted octanol–water partition coefficient (Wildman–Crippen LogP) is 7.43. The SMILES string of the molecule is CCCC/C=C\CCCCCCCC(=O)OC[C@H](COP(=O)(O)O)OC(=O)CCCCCC[C@H]1[C@@H](O)CC(=O)[C@@H]1/C=C/[C@@H](O)CCCCC. The van der Waals surface area contributed by atoms with E-state index in [0.717, 1.165) is 70.6 Å². The Morgan fingerprint density at radius 1 is 0.837 bits per heavy atom. The highest BCUT2D eigenvalue weighted by Crippen LogP contribution is 2.36. The zero-order chi connectivity index (χ0) is 36.3. The number of allylic oxidation sites excluding steroid dienone is 3. The van der Waals surface area contributed by atoms with Gasteiger partial charge in [0.05, 0.1) is 18.8 Å². The normalized spacial score (nSPS) is 19.6. The van der Waals surface area contributed by atoms with Crippen LogP contribution in [0.25, 0.3) is 0 Å². The summed E-state index contributed by atoms with van der Waals surface area (Å²) >= 11 is 0. The Labute approximate surface area is 294 Å². The lowest BCUT2D eigenvalue weighted by atomic mass is 9.88. The van der Waals surface area contributed by atoms with E-state index in [1.165, 1.54) is 12.8 Å². The number of aliphatic hydroxyl groups excluding tert-OH is 2. The molecule has 0 heterocycles. The zero-order valence-corrected chi connectivity index (χ0v) is 30.9. The molecule has 1 saturated carbocycles. The number of carbonyl (C=O) groups is 3. The van der Waals surface area contributed by atoms with Gasteiger partial charge < -0.3 is 29.5 Å². The maximum atomic E-state index is 12.5. The van der Waals surface area contributed by atoms with Crippen molar-refractivity contribution < 1.29 is 52.9 Å². The third-order valence-electron chi connectivity index (χ3n) is 8.85. The van der Waals surface area contributed by atoms with Gasteiger partial charge in [-0.15, -0.1) is 0 Å². The minimum absolute atomic E-state index is 0.00709. The maximum Gasteiger partial charge on any atom is 0.469 e. The van der Waals surface area contributed by atoms with Gasteiger partial charge in [0, 0.05) is 25.2 Å². The van der Waals surface area contributed by atoms with Gasteiger partial charge in [-0.25, -0.2) is 4.57 Å². The van der Waals surface area contributed by atoms with Crippen LogP contribution >= 0.6 is 7.82 Å². The van der Waals surface area contributed by atoms with Gasteiger partial charge in [0.2, 0.25) is 0 Å². The van der Waals surface area contributed by atoms with Crippen LogP contribution in [0.1, 0.15) is 149 Å². The number of ketones is 1. The zero-order valence-electron chi connectivity index (χ0n) is 30.1. The van der Waals surface area contributed by atoms with Crippen LogP contribution in [0.3, 0.4) is 0 Å². The van der Waals surface area contributed by atoms with Gasteiger partial charge in [-0.2, -0.15) is 0 Å². The van der Waals surface area contributed by atoms with E-state index < -0.39 is 50.6 Å². The van der Waals surface area contributed by atoms with Gasteiger partial charge in [-0.1, -0.05) is 109 Å². The van der Waals surface area contributed by atoms with Crippen LogP contribution in [0.15, 0.2) is 24.3 Å². The van der Waals surface area contributed by atoms with E-state index >= 15 is 0 Å². The van der Waals surface area contributed by atoms with Crippen molar-refractivity contribution in [3.8, 4) is 0 Å². The molecule has 1 rings (SSSR count). The molecule has 0 aromatic carbocycles. The lowest BCUT2D eigenvalue weighted by Gasteiger charge is -2.19. The highest BCUT2D eigenvalue weighted by molar-refractivity contribution is 7.46. The molecule has 4 N–H and O–H groups in total. The fourth-order valence-electron chi connectivity index (χ4n) is 5.96. The number of hydrogen-bond acceptors (Lipinski definition) is 9. The maximum absolute atomic E-state index is 12.5. The third kappa shape index (κ3) is 24.0. The summed E-state index contributed by atoms with van der Waals surface area (Å²) < 4.78 is 26.3. The molecule has 0 aliphatic heterocycles. The van der Waals surface area contributed by atoms with Gasteiger partial charge in [0.25, 0.3) is 0 Å². The molecule has 5 atom stereocenters. The monoisotopic (exact) mass is 716 g/mol. The van der Waals surface area contributed by atoms with Crippen molar-refractivity contribution in [1.29, 1.82) is 0 Å². The minimum Gasteiger partial charge on any atom is -0.462 e. The molecule has 1 fully saturated rings. The first-order valence-electron chi connectivity index (χ1n) is 18.7. The summed E-state index contributed by atoms with van der Waals surface area (Å²) in [4.78, 5) is 55.3. The van der Waals surface area contributed by atoms with Crippen molar-refractivity contribution in [2.24, 2.45) is 11.8 Å².